The molecule has 2 aromatic heterocycles. The van der Waals surface area contributed by atoms with Crippen LogP contribution in [0.25, 0.3) is 22.6 Å². The Labute approximate surface area is 149 Å². The molecule has 2 heterocycles. The lowest BCUT2D eigenvalue weighted by Crippen LogP contribution is -2.11. The number of allylic oxidation sites excluding steroid dienone is 1. The predicted octanol–water partition coefficient (Wildman–Crippen LogP) is 4.08. The van der Waals surface area contributed by atoms with Crippen molar-refractivity contribution in [3.8, 4) is 6.07 Å². The number of H-pyrrole nitrogens is 1. The number of aromatic amines is 1. The highest BCUT2D eigenvalue weighted by Gasteiger charge is 2.26. The minimum Gasteiger partial charge on any atom is -0.305 e. The quantitative estimate of drug-likeness (QED) is 0.673. The molecule has 0 spiro atoms. The van der Waals surface area contributed by atoms with Crippen LogP contribution in [0.2, 0.25) is 0 Å². The third-order valence-electron chi connectivity index (χ3n) is 3.80. The second-order valence-electron chi connectivity index (χ2n) is 5.63. The molecule has 0 aliphatic heterocycles. The molecule has 1 N–H and O–H groups in total. The zero-order valence-corrected chi connectivity index (χ0v) is 14.8. The number of nitrogens with one attached hydrogen (secondary N) is 1. The number of rotatable bonds is 3. The van der Waals surface area contributed by atoms with Gasteiger partial charge < -0.3 is 4.98 Å². The van der Waals surface area contributed by atoms with Crippen LogP contribution >= 0.6 is 27.3 Å². The molecule has 7 heteroatoms. The van der Waals surface area contributed by atoms with Crippen molar-refractivity contribution >= 4 is 49.8 Å². The van der Waals surface area contributed by atoms with Crippen LogP contribution in [0, 0.1) is 11.3 Å². The smallest absolute Gasteiger partial charge is 0.259 e. The van der Waals surface area contributed by atoms with Crippen LogP contribution in [-0.2, 0) is 0 Å². The highest BCUT2D eigenvalue weighted by Crippen LogP contribution is 2.41. The lowest BCUT2D eigenvalue weighted by atomic mass is 10.2. The first-order valence-electron chi connectivity index (χ1n) is 7.41. The standard InChI is InChI=1S/C17H11BrN4OS/c18-11-3-4-14-13(6-11)16(23)22-15(21-14)10(7-19)5-12-8-24-17(20-12)9-1-2-9/h3-6,8-9H,1-2H2,(H,21,22,23)/b10-5-. The first kappa shape index (κ1) is 15.2. The fourth-order valence-electron chi connectivity index (χ4n) is 2.42. The predicted molar refractivity (Wildman–Crippen MR) is 97.6 cm³/mol. The lowest BCUT2D eigenvalue weighted by molar-refractivity contribution is 1.08. The summed E-state index contributed by atoms with van der Waals surface area (Å²) in [6, 6.07) is 7.39. The number of halogens is 1. The summed E-state index contributed by atoms with van der Waals surface area (Å²) in [6.07, 6.45) is 4.05. The van der Waals surface area contributed by atoms with E-state index in [9.17, 15) is 10.1 Å². The molecule has 1 fully saturated rings. The third kappa shape index (κ3) is 2.90. The van der Waals surface area contributed by atoms with Crippen molar-refractivity contribution in [3.05, 3.63) is 54.9 Å². The van der Waals surface area contributed by atoms with E-state index in [1.54, 1.807) is 29.5 Å². The Kier molecular flexibility index (Phi) is 3.79. The number of nitriles is 1. The average Bonchev–Trinajstić information content (AvgIpc) is 3.32. The van der Waals surface area contributed by atoms with Gasteiger partial charge in [0.05, 0.1) is 27.2 Å². The molecule has 1 aliphatic rings. The second-order valence-corrected chi connectivity index (χ2v) is 7.44. The van der Waals surface area contributed by atoms with E-state index in [-0.39, 0.29) is 11.4 Å². The van der Waals surface area contributed by atoms with Gasteiger partial charge in [0.1, 0.15) is 6.07 Å². The van der Waals surface area contributed by atoms with Crippen molar-refractivity contribution < 1.29 is 0 Å². The Balaban J connectivity index is 1.78. The van der Waals surface area contributed by atoms with Crippen LogP contribution in [0.1, 0.15) is 35.3 Å². The summed E-state index contributed by atoms with van der Waals surface area (Å²) < 4.78 is 0.807. The molecule has 0 unspecified atom stereocenters. The van der Waals surface area contributed by atoms with Crippen LogP contribution in [0.3, 0.4) is 0 Å². The van der Waals surface area contributed by atoms with Gasteiger partial charge >= 0.3 is 0 Å². The fourth-order valence-corrected chi connectivity index (χ4v) is 3.73. The van der Waals surface area contributed by atoms with Gasteiger partial charge in [-0.2, -0.15) is 5.26 Å². The molecule has 5 nitrogen and oxygen atoms in total. The molecule has 0 amide bonds. The first-order chi connectivity index (χ1) is 11.6. The topological polar surface area (TPSA) is 82.4 Å². The molecule has 0 atom stereocenters. The fraction of sp³-hybridized carbons (Fsp3) is 0.176. The number of aromatic nitrogens is 3. The van der Waals surface area contributed by atoms with Crippen molar-refractivity contribution in [2.24, 2.45) is 0 Å². The maximum Gasteiger partial charge on any atom is 0.259 e. The second kappa shape index (κ2) is 5.96. The van der Waals surface area contributed by atoms with E-state index in [1.165, 1.54) is 12.8 Å². The summed E-state index contributed by atoms with van der Waals surface area (Å²) in [5, 5.41) is 13.0. The lowest BCUT2D eigenvalue weighted by Gasteiger charge is -2.02. The summed E-state index contributed by atoms with van der Waals surface area (Å²) in [6.45, 7) is 0. The SMILES string of the molecule is N#C/C(=C/c1csc(C2CC2)n1)c1nc2ccc(Br)cc2c(=O)[nH]1. The Morgan fingerprint density at radius 3 is 3.00 bits per heavy atom. The van der Waals surface area contributed by atoms with Gasteiger partial charge in [0.25, 0.3) is 5.56 Å². The largest absolute Gasteiger partial charge is 0.305 e. The normalized spacial score (nSPS) is 14.8. The Bertz CT molecular complexity index is 1070. The number of thiazole rings is 1. The number of benzene rings is 1. The minimum atomic E-state index is -0.269. The van der Waals surface area contributed by atoms with Crippen LogP contribution in [0.4, 0.5) is 0 Å². The van der Waals surface area contributed by atoms with Crippen molar-refractivity contribution in [2.75, 3.05) is 0 Å². The van der Waals surface area contributed by atoms with Gasteiger partial charge in [-0.05, 0) is 37.1 Å². The van der Waals surface area contributed by atoms with Gasteiger partial charge in [0.15, 0.2) is 5.82 Å². The molecule has 0 saturated heterocycles. The Morgan fingerprint density at radius 2 is 2.25 bits per heavy atom. The maximum atomic E-state index is 12.3. The Hall–Kier alpha value is -2.30. The van der Waals surface area contributed by atoms with Crippen molar-refractivity contribution in [2.45, 2.75) is 18.8 Å². The zero-order valence-electron chi connectivity index (χ0n) is 12.4. The Morgan fingerprint density at radius 1 is 1.42 bits per heavy atom. The van der Waals surface area contributed by atoms with Gasteiger partial charge in [-0.25, -0.2) is 9.97 Å². The van der Waals surface area contributed by atoms with Crippen LogP contribution in [0.5, 0.6) is 0 Å². The van der Waals surface area contributed by atoms with Crippen molar-refractivity contribution in [3.63, 3.8) is 0 Å². The van der Waals surface area contributed by atoms with Crippen molar-refractivity contribution in [1.29, 1.82) is 5.26 Å². The van der Waals surface area contributed by atoms with Crippen LogP contribution < -0.4 is 5.56 Å². The van der Waals surface area contributed by atoms with E-state index in [4.69, 9.17) is 0 Å². The average molecular weight is 399 g/mol. The van der Waals surface area contributed by atoms with Gasteiger partial charge in [0.2, 0.25) is 0 Å². The summed E-state index contributed by atoms with van der Waals surface area (Å²) in [7, 11) is 0. The van der Waals surface area contributed by atoms with Gasteiger partial charge in [0, 0.05) is 15.8 Å². The number of hydrogen-bond donors (Lipinski definition) is 1. The molecule has 0 radical (unpaired) electrons. The first-order valence-corrected chi connectivity index (χ1v) is 9.08. The minimum absolute atomic E-state index is 0.262. The van der Waals surface area contributed by atoms with E-state index in [0.29, 0.717) is 22.4 Å². The summed E-state index contributed by atoms with van der Waals surface area (Å²) in [5.41, 5.74) is 1.31. The van der Waals surface area contributed by atoms with E-state index >= 15 is 0 Å². The molecular weight excluding hydrogens is 388 g/mol. The molecule has 24 heavy (non-hydrogen) atoms. The van der Waals surface area contributed by atoms with Crippen LogP contribution in [0.15, 0.2) is 32.8 Å². The van der Waals surface area contributed by atoms with E-state index < -0.39 is 0 Å². The molecule has 118 valence electrons. The van der Waals surface area contributed by atoms with Gasteiger partial charge in [-0.15, -0.1) is 11.3 Å². The number of fused-ring (bicyclic) bond motifs is 1. The van der Waals surface area contributed by atoms with Crippen LogP contribution in [-0.4, -0.2) is 15.0 Å². The molecule has 3 aromatic rings. The summed E-state index contributed by atoms with van der Waals surface area (Å²) in [5.74, 6) is 0.845. The third-order valence-corrected chi connectivity index (χ3v) is 5.32. The van der Waals surface area contributed by atoms with E-state index in [0.717, 1.165) is 15.2 Å². The number of hydrogen-bond acceptors (Lipinski definition) is 5. The monoisotopic (exact) mass is 398 g/mol. The van der Waals surface area contributed by atoms with E-state index in [1.807, 2.05) is 11.4 Å². The van der Waals surface area contributed by atoms with Gasteiger partial charge in [-0.3, -0.25) is 4.79 Å². The molecule has 1 aliphatic carbocycles. The highest BCUT2D eigenvalue weighted by molar-refractivity contribution is 9.10. The number of nitrogens with zero attached hydrogens (tertiary/aromatic N) is 3. The highest BCUT2D eigenvalue weighted by atomic mass is 79.9. The molecule has 4 rings (SSSR count). The van der Waals surface area contributed by atoms with Crippen molar-refractivity contribution in [1.82, 2.24) is 15.0 Å². The zero-order chi connectivity index (χ0) is 16.7. The molecular formula is C17H11BrN4OS. The summed E-state index contributed by atoms with van der Waals surface area (Å²) >= 11 is 4.95. The molecule has 1 aromatic carbocycles. The maximum absolute atomic E-state index is 12.3. The summed E-state index contributed by atoms with van der Waals surface area (Å²) in [4.78, 5) is 23.9. The van der Waals surface area contributed by atoms with E-state index in [2.05, 4.69) is 37.0 Å². The molecule has 0 bridgehead atoms. The molecule has 1 saturated carbocycles. The van der Waals surface area contributed by atoms with Gasteiger partial charge in [-0.1, -0.05) is 15.9 Å².